The van der Waals surface area contributed by atoms with Gasteiger partial charge >= 0.3 is 12.1 Å². The van der Waals surface area contributed by atoms with Gasteiger partial charge in [0.2, 0.25) is 11.7 Å². The molecule has 5 aliphatic rings. The maximum Gasteiger partial charge on any atom is 0.407 e. The predicted molar refractivity (Wildman–Crippen MR) is 222 cm³/mol. The number of amides is 3. The molecule has 8 rings (SSSR count). The Balaban J connectivity index is 0.993. The SMILES string of the molecule is COc1cccc2c1C(=O)c1c(O)c3c(c(O)c1C2=O)CC[C@@](O)(C(=O)CO)[C@@H]3O[C@H]1C[C@H](NC(=O)OCC2=C(C(=O)O)N3C(=O)[C@@H](NC(=O)Cc4ccccc4)[C@H]3SC2)[C@H](O)[C@H](C)O1. The van der Waals surface area contributed by atoms with Crippen LogP contribution in [0.1, 0.15) is 74.4 Å². The van der Waals surface area contributed by atoms with Gasteiger partial charge in [0, 0.05) is 34.4 Å². The average molecular weight is 918 g/mol. The average Bonchev–Trinajstić information content (AvgIpc) is 3.29. The third-order valence-electron chi connectivity index (χ3n) is 12.3. The van der Waals surface area contributed by atoms with Crippen LogP contribution in [0.2, 0.25) is 0 Å². The number of Topliss-reactive ketones (excluding diaryl/α,β-unsaturated/α-hetero) is 1. The van der Waals surface area contributed by atoms with E-state index < -0.39 is 149 Å². The predicted octanol–water partition coefficient (Wildman–Crippen LogP) is 0.750. The molecule has 3 aromatic rings. The lowest BCUT2D eigenvalue weighted by Crippen LogP contribution is -2.70. The lowest BCUT2D eigenvalue weighted by atomic mass is 9.71. The fraction of sp³-hybridized carbons (Fsp3) is 0.386. The molecule has 20 nitrogen and oxygen atoms in total. The number of hydrogen-bond donors (Lipinski definition) is 8. The smallest absolute Gasteiger partial charge is 0.407 e. The second-order valence-electron chi connectivity index (χ2n) is 16.1. The highest BCUT2D eigenvalue weighted by Gasteiger charge is 2.56. The van der Waals surface area contributed by atoms with Crippen molar-refractivity contribution in [3.8, 4) is 17.2 Å². The molecule has 0 radical (unpaired) electrons. The van der Waals surface area contributed by atoms with Crippen molar-refractivity contribution in [1.29, 1.82) is 0 Å². The number of benzene rings is 3. The number of carbonyl (C=O) groups is 7. The molecular weight excluding hydrogens is 875 g/mol. The Hall–Kier alpha value is -6.36. The summed E-state index contributed by atoms with van der Waals surface area (Å²) in [4.78, 5) is 93.6. The summed E-state index contributed by atoms with van der Waals surface area (Å²) in [5.41, 5.74) is -4.26. The van der Waals surface area contributed by atoms with Gasteiger partial charge in [-0.15, -0.1) is 11.8 Å². The van der Waals surface area contributed by atoms with Crippen LogP contribution in [0.15, 0.2) is 59.8 Å². The Morgan fingerprint density at radius 3 is 2.38 bits per heavy atom. The Kier molecular flexibility index (Phi) is 12.2. The number of alkyl carbamates (subject to hydrolysis) is 1. The number of phenols is 2. The summed E-state index contributed by atoms with van der Waals surface area (Å²) in [6.45, 7) is -0.369. The number of fused-ring (bicyclic) bond motifs is 4. The lowest BCUT2D eigenvalue weighted by Gasteiger charge is -2.49. The van der Waals surface area contributed by atoms with Crippen LogP contribution in [0.5, 0.6) is 17.2 Å². The molecule has 8 N–H and O–H groups in total. The first-order valence-corrected chi connectivity index (χ1v) is 21.4. The van der Waals surface area contributed by atoms with Gasteiger partial charge < -0.3 is 60.2 Å². The van der Waals surface area contributed by atoms with E-state index in [0.29, 0.717) is 0 Å². The van der Waals surface area contributed by atoms with E-state index in [-0.39, 0.29) is 46.6 Å². The van der Waals surface area contributed by atoms with Crippen LogP contribution in [0.4, 0.5) is 4.79 Å². The molecule has 3 aromatic carbocycles. The molecule has 8 atom stereocenters. The minimum absolute atomic E-state index is 0.00481. The van der Waals surface area contributed by atoms with Crippen molar-refractivity contribution >= 4 is 53.0 Å². The monoisotopic (exact) mass is 917 g/mol. The van der Waals surface area contributed by atoms with Gasteiger partial charge in [0.05, 0.1) is 42.4 Å². The highest BCUT2D eigenvalue weighted by atomic mass is 32.2. The van der Waals surface area contributed by atoms with Crippen molar-refractivity contribution in [3.05, 3.63) is 98.7 Å². The van der Waals surface area contributed by atoms with Crippen molar-refractivity contribution in [1.82, 2.24) is 15.5 Å². The second-order valence-corrected chi connectivity index (χ2v) is 17.2. The van der Waals surface area contributed by atoms with Crippen molar-refractivity contribution in [3.63, 3.8) is 0 Å². The summed E-state index contributed by atoms with van der Waals surface area (Å²) >= 11 is 1.16. The summed E-state index contributed by atoms with van der Waals surface area (Å²) in [5.74, 6) is -7.02. The Labute approximate surface area is 373 Å². The number of carbonyl (C=O) groups excluding carboxylic acids is 6. The summed E-state index contributed by atoms with van der Waals surface area (Å²) in [7, 11) is 1.27. The number of thioether (sulfide) groups is 1. The normalized spacial score (nSPS) is 26.8. The van der Waals surface area contributed by atoms with Crippen LogP contribution in [0.25, 0.3) is 0 Å². The first-order valence-electron chi connectivity index (χ1n) is 20.4. The third kappa shape index (κ3) is 7.76. The summed E-state index contributed by atoms with van der Waals surface area (Å²) in [6, 6.07) is 10.9. The van der Waals surface area contributed by atoms with Gasteiger partial charge in [-0.05, 0) is 31.4 Å². The summed E-state index contributed by atoms with van der Waals surface area (Å²) in [6.07, 6.45) is -8.39. The van der Waals surface area contributed by atoms with Crippen molar-refractivity contribution in [2.75, 3.05) is 26.1 Å². The first kappa shape index (κ1) is 45.2. The molecule has 65 heavy (non-hydrogen) atoms. The number of aliphatic carboxylic acids is 1. The van der Waals surface area contributed by atoms with Crippen LogP contribution in [-0.4, -0.2) is 144 Å². The van der Waals surface area contributed by atoms with Crippen LogP contribution in [-0.2, 0) is 46.2 Å². The van der Waals surface area contributed by atoms with Crippen LogP contribution < -0.4 is 15.4 Å². The number of ketones is 3. The second kappa shape index (κ2) is 17.6. The highest BCUT2D eigenvalue weighted by molar-refractivity contribution is 8.00. The molecule has 0 unspecified atom stereocenters. The molecule has 3 amide bonds. The minimum Gasteiger partial charge on any atom is -0.507 e. The van der Waals surface area contributed by atoms with Gasteiger partial charge in [0.15, 0.2) is 23.5 Å². The number of phenolic OH excluding ortho intramolecular Hbond substituents is 2. The van der Waals surface area contributed by atoms with Gasteiger partial charge in [0.1, 0.15) is 59.8 Å². The largest absolute Gasteiger partial charge is 0.507 e. The minimum atomic E-state index is -2.61. The molecule has 3 aliphatic heterocycles. The number of β-lactam (4-membered cyclic amide) rings is 1. The Morgan fingerprint density at radius 2 is 1.69 bits per heavy atom. The van der Waals surface area contributed by atoms with E-state index in [1.54, 1.807) is 30.3 Å². The summed E-state index contributed by atoms with van der Waals surface area (Å²) < 4.78 is 22.7. The summed E-state index contributed by atoms with van der Waals surface area (Å²) in [5, 5.41) is 70.9. The zero-order chi connectivity index (χ0) is 46.6. The molecule has 2 aliphatic carbocycles. The maximum atomic E-state index is 14.0. The zero-order valence-electron chi connectivity index (χ0n) is 34.6. The fourth-order valence-electron chi connectivity index (χ4n) is 9.02. The van der Waals surface area contributed by atoms with Crippen LogP contribution >= 0.6 is 11.8 Å². The molecular formula is C44H43N3O17S. The molecule has 3 heterocycles. The first-order chi connectivity index (χ1) is 31.0. The number of nitrogens with one attached hydrogen (secondary N) is 2. The topological polar surface area (TPSA) is 305 Å². The number of aliphatic hydroxyl groups is 3. The molecule has 0 saturated carbocycles. The Bertz CT molecular complexity index is 2570. The number of carboxylic acids is 1. The number of rotatable bonds is 12. The lowest BCUT2D eigenvalue weighted by molar-refractivity contribution is -0.266. The fourth-order valence-corrected chi connectivity index (χ4v) is 10.3. The third-order valence-corrected chi connectivity index (χ3v) is 13.6. The zero-order valence-corrected chi connectivity index (χ0v) is 35.5. The standard InChI is InChI=1S/C44H43N3O17S/c1-18-34(51)23(45-43(59)62-16-20-17-65-41-32(40(56)47(41)33(20)42(57)58)46-26(50)13-19-7-4-3-5-8-19)14-27(63-18)64-39-29-22(11-12-44(39,60)25(49)15-48)36(53)30-31(38(29)55)37(54)28-21(35(30)52)9-6-10-24(28)61-2/h3-10,18,23,27,32,34,39,41,48,51,53,55,60H,11-17H2,1-2H3,(H,45,59)(H,46,50)(H,57,58)/t18-,23-,27-,32+,34+,39+,41+,44+/m0/s1. The van der Waals surface area contributed by atoms with Gasteiger partial charge in [-0.1, -0.05) is 42.5 Å². The van der Waals surface area contributed by atoms with Crippen LogP contribution in [0.3, 0.4) is 0 Å². The van der Waals surface area contributed by atoms with Crippen molar-refractivity contribution < 1.29 is 83.1 Å². The molecule has 2 fully saturated rings. The van der Waals surface area contributed by atoms with Crippen molar-refractivity contribution in [2.24, 2.45) is 0 Å². The number of nitrogens with zero attached hydrogens (tertiary/aromatic N) is 1. The number of ether oxygens (including phenoxy) is 4. The maximum absolute atomic E-state index is 14.0. The van der Waals surface area contributed by atoms with E-state index in [0.717, 1.165) is 22.2 Å². The van der Waals surface area contributed by atoms with E-state index in [9.17, 15) is 64.2 Å². The number of hydrogen-bond acceptors (Lipinski definition) is 17. The number of carboxylic acid groups (broad SMARTS) is 1. The van der Waals surface area contributed by atoms with E-state index in [2.05, 4.69) is 10.6 Å². The van der Waals surface area contributed by atoms with Crippen LogP contribution in [0, 0.1) is 0 Å². The number of aliphatic hydroxyl groups excluding tert-OH is 2. The molecule has 0 spiro atoms. The highest BCUT2D eigenvalue weighted by Crippen LogP contribution is 2.53. The number of aromatic hydroxyl groups is 2. The molecule has 0 bridgehead atoms. The van der Waals surface area contributed by atoms with E-state index in [1.165, 1.54) is 32.2 Å². The van der Waals surface area contributed by atoms with Crippen molar-refractivity contribution in [2.45, 2.75) is 80.3 Å². The van der Waals surface area contributed by atoms with E-state index >= 15 is 0 Å². The molecule has 342 valence electrons. The van der Waals surface area contributed by atoms with Gasteiger partial charge in [0.25, 0.3) is 5.91 Å². The number of methoxy groups -OCH3 is 1. The van der Waals surface area contributed by atoms with E-state index in [4.69, 9.17) is 18.9 Å². The molecule has 2 saturated heterocycles. The van der Waals surface area contributed by atoms with Gasteiger partial charge in [-0.3, -0.25) is 28.9 Å². The molecule has 0 aromatic heterocycles. The Morgan fingerprint density at radius 1 is 0.969 bits per heavy atom. The van der Waals surface area contributed by atoms with Gasteiger partial charge in [-0.2, -0.15) is 0 Å². The van der Waals surface area contributed by atoms with E-state index in [1.807, 2.05) is 0 Å². The quantitative estimate of drug-likeness (QED) is 0.0718. The van der Waals surface area contributed by atoms with Gasteiger partial charge in [-0.25, -0.2) is 9.59 Å². The molecule has 21 heteroatoms.